The van der Waals surface area contributed by atoms with Crippen LogP contribution in [0.5, 0.6) is 5.75 Å². The third-order valence-electron chi connectivity index (χ3n) is 3.60. The van der Waals surface area contributed by atoms with Gasteiger partial charge in [-0.3, -0.25) is 9.59 Å². The van der Waals surface area contributed by atoms with Crippen LogP contribution in [0.2, 0.25) is 0 Å². The van der Waals surface area contributed by atoms with Crippen molar-refractivity contribution >= 4 is 49.2 Å². The second-order valence-electron chi connectivity index (χ2n) is 5.17. The zero-order valence-electron chi connectivity index (χ0n) is 12.1. The molecule has 1 N–H and O–H groups in total. The van der Waals surface area contributed by atoms with Crippen molar-refractivity contribution in [3.63, 3.8) is 0 Å². The Morgan fingerprint density at radius 2 is 2.00 bits per heavy atom. The summed E-state index contributed by atoms with van der Waals surface area (Å²) in [7, 11) is 0. The molecule has 1 amide bonds. The minimum absolute atomic E-state index is 0.104. The molecule has 0 spiro atoms. The molecule has 118 valence electrons. The third-order valence-corrected chi connectivity index (χ3v) is 4.75. The fraction of sp³-hybridized carbons (Fsp3) is 0.176. The zero-order chi connectivity index (χ0) is 16.4. The van der Waals surface area contributed by atoms with Gasteiger partial charge in [-0.1, -0.05) is 28.1 Å². The third kappa shape index (κ3) is 3.64. The minimum atomic E-state index is -0.255. The minimum Gasteiger partial charge on any atom is -0.483 e. The number of benzene rings is 2. The lowest BCUT2D eigenvalue weighted by atomic mass is 10.1. The molecule has 0 saturated heterocycles. The summed E-state index contributed by atoms with van der Waals surface area (Å²) in [4.78, 5) is 23.8. The normalized spacial score (nSPS) is 12.9. The Morgan fingerprint density at radius 1 is 1.17 bits per heavy atom. The molecular formula is C17H13Br2NO3. The summed E-state index contributed by atoms with van der Waals surface area (Å²) in [5, 5.41) is 2.79. The molecule has 2 aromatic rings. The number of hydrogen-bond donors (Lipinski definition) is 1. The first-order chi connectivity index (χ1) is 11.0. The van der Waals surface area contributed by atoms with Crippen LogP contribution in [-0.2, 0) is 11.2 Å². The van der Waals surface area contributed by atoms with Gasteiger partial charge in [0, 0.05) is 26.5 Å². The maximum atomic E-state index is 12.1. The molecule has 0 fully saturated rings. The maximum Gasteiger partial charge on any atom is 0.262 e. The van der Waals surface area contributed by atoms with E-state index in [9.17, 15) is 9.59 Å². The number of ketones is 1. The molecule has 1 aliphatic carbocycles. The van der Waals surface area contributed by atoms with Crippen LogP contribution >= 0.6 is 31.9 Å². The van der Waals surface area contributed by atoms with Gasteiger partial charge in [0.25, 0.3) is 5.91 Å². The molecule has 0 unspecified atom stereocenters. The second-order valence-corrected chi connectivity index (χ2v) is 6.94. The number of hydrogen-bond acceptors (Lipinski definition) is 3. The molecule has 0 aromatic heterocycles. The smallest absolute Gasteiger partial charge is 0.262 e. The van der Waals surface area contributed by atoms with Gasteiger partial charge in [0.1, 0.15) is 5.75 Å². The van der Waals surface area contributed by atoms with E-state index < -0.39 is 0 Å². The molecule has 0 saturated carbocycles. The number of ether oxygens (including phenoxy) is 1. The van der Waals surface area contributed by atoms with Gasteiger partial charge in [-0.15, -0.1) is 0 Å². The molecule has 0 atom stereocenters. The van der Waals surface area contributed by atoms with Crippen LogP contribution in [0.3, 0.4) is 0 Å². The van der Waals surface area contributed by atoms with Crippen molar-refractivity contribution in [1.82, 2.24) is 0 Å². The van der Waals surface area contributed by atoms with Gasteiger partial charge >= 0.3 is 0 Å². The zero-order valence-corrected chi connectivity index (χ0v) is 15.2. The van der Waals surface area contributed by atoms with Crippen LogP contribution in [0.4, 0.5) is 5.69 Å². The molecule has 0 bridgehead atoms. The number of fused-ring (bicyclic) bond motifs is 1. The average Bonchev–Trinajstić information content (AvgIpc) is 2.90. The molecule has 6 heteroatoms. The van der Waals surface area contributed by atoms with Gasteiger partial charge in [0.05, 0.1) is 5.69 Å². The highest BCUT2D eigenvalue weighted by Gasteiger charge is 2.22. The Balaban J connectivity index is 1.65. The lowest BCUT2D eigenvalue weighted by Gasteiger charge is -2.11. The van der Waals surface area contributed by atoms with Crippen molar-refractivity contribution < 1.29 is 14.3 Å². The summed E-state index contributed by atoms with van der Waals surface area (Å²) in [5.41, 5.74) is 2.28. The van der Waals surface area contributed by atoms with Crippen molar-refractivity contribution in [3.05, 3.63) is 56.5 Å². The fourth-order valence-electron chi connectivity index (χ4n) is 2.51. The summed E-state index contributed by atoms with van der Waals surface area (Å²) >= 11 is 6.76. The molecular weight excluding hydrogens is 426 g/mol. The molecule has 0 radical (unpaired) electrons. The monoisotopic (exact) mass is 437 g/mol. The van der Waals surface area contributed by atoms with Crippen LogP contribution < -0.4 is 10.1 Å². The Morgan fingerprint density at radius 3 is 2.78 bits per heavy atom. The van der Waals surface area contributed by atoms with Gasteiger partial charge < -0.3 is 10.1 Å². The van der Waals surface area contributed by atoms with Crippen LogP contribution in [0.15, 0.2) is 45.3 Å². The maximum absolute atomic E-state index is 12.1. The van der Waals surface area contributed by atoms with E-state index in [0.717, 1.165) is 14.5 Å². The highest BCUT2D eigenvalue weighted by atomic mass is 79.9. The summed E-state index contributed by atoms with van der Waals surface area (Å²) in [5.74, 6) is 0.488. The summed E-state index contributed by atoms with van der Waals surface area (Å²) in [6.45, 7) is -0.104. The Hall–Kier alpha value is -1.66. The predicted molar refractivity (Wildman–Crippen MR) is 95.1 cm³/mol. The van der Waals surface area contributed by atoms with E-state index >= 15 is 0 Å². The first kappa shape index (κ1) is 16.2. The first-order valence-corrected chi connectivity index (χ1v) is 8.66. The molecule has 0 heterocycles. The van der Waals surface area contributed by atoms with Crippen molar-refractivity contribution in [2.45, 2.75) is 12.8 Å². The lowest BCUT2D eigenvalue weighted by molar-refractivity contribution is -0.118. The topological polar surface area (TPSA) is 55.4 Å². The van der Waals surface area contributed by atoms with Gasteiger partial charge in [-0.25, -0.2) is 0 Å². The molecule has 3 rings (SSSR count). The number of amides is 1. The Bertz CT molecular complexity index is 789. The number of halogens is 2. The Kier molecular flexibility index (Phi) is 4.82. The number of rotatable bonds is 4. The number of carbonyl (C=O) groups excluding carboxylic acids is 2. The summed E-state index contributed by atoms with van der Waals surface area (Å²) in [6, 6.07) is 10.9. The molecule has 0 aliphatic heterocycles. The van der Waals surface area contributed by atoms with E-state index in [2.05, 4.69) is 37.2 Å². The van der Waals surface area contributed by atoms with Crippen LogP contribution in [0, 0.1) is 0 Å². The van der Waals surface area contributed by atoms with E-state index in [-0.39, 0.29) is 18.3 Å². The van der Waals surface area contributed by atoms with E-state index in [1.807, 2.05) is 12.1 Å². The molecule has 4 nitrogen and oxygen atoms in total. The number of Topliss-reactive ketones (excluding diaryl/α,β-unsaturated/α-hetero) is 1. The standard InChI is InChI=1S/C17H13Br2NO3/c18-10-4-6-14(13(19)8-10)20-17(22)9-23-16-3-1-2-11-12(16)5-7-15(11)21/h1-4,6,8H,5,7,9H2,(H,20,22). The predicted octanol–water partition coefficient (Wildman–Crippen LogP) is 4.36. The van der Waals surface area contributed by atoms with Gasteiger partial charge in [0.15, 0.2) is 12.4 Å². The van der Waals surface area contributed by atoms with Crippen molar-refractivity contribution in [1.29, 1.82) is 0 Å². The fourth-order valence-corrected chi connectivity index (χ4v) is 3.66. The second kappa shape index (κ2) is 6.84. The first-order valence-electron chi connectivity index (χ1n) is 7.07. The SMILES string of the molecule is O=C(COc1cccc2c1CCC2=O)Nc1ccc(Br)cc1Br. The number of carbonyl (C=O) groups is 2. The van der Waals surface area contributed by atoms with Crippen molar-refractivity contribution in [2.75, 3.05) is 11.9 Å². The van der Waals surface area contributed by atoms with E-state index in [1.54, 1.807) is 24.3 Å². The van der Waals surface area contributed by atoms with Crippen LogP contribution in [-0.4, -0.2) is 18.3 Å². The van der Waals surface area contributed by atoms with Crippen molar-refractivity contribution in [2.24, 2.45) is 0 Å². The largest absolute Gasteiger partial charge is 0.483 e. The van der Waals surface area contributed by atoms with Gasteiger partial charge in [-0.05, 0) is 46.6 Å². The quantitative estimate of drug-likeness (QED) is 0.771. The lowest BCUT2D eigenvalue weighted by Crippen LogP contribution is -2.20. The number of anilines is 1. The molecule has 23 heavy (non-hydrogen) atoms. The van der Waals surface area contributed by atoms with Gasteiger partial charge in [0.2, 0.25) is 0 Å². The van der Waals surface area contributed by atoms with E-state index in [1.165, 1.54) is 0 Å². The van der Waals surface area contributed by atoms with Crippen LogP contribution in [0.1, 0.15) is 22.3 Å². The van der Waals surface area contributed by atoms with Gasteiger partial charge in [-0.2, -0.15) is 0 Å². The highest BCUT2D eigenvalue weighted by molar-refractivity contribution is 9.11. The van der Waals surface area contributed by atoms with Crippen LogP contribution in [0.25, 0.3) is 0 Å². The Labute approximate surface area is 150 Å². The molecule has 1 aliphatic rings. The number of nitrogens with one attached hydrogen (secondary N) is 1. The van der Waals surface area contributed by atoms with Crippen molar-refractivity contribution in [3.8, 4) is 5.75 Å². The summed E-state index contributed by atoms with van der Waals surface area (Å²) in [6.07, 6.45) is 1.18. The van der Waals surface area contributed by atoms with E-state index in [0.29, 0.717) is 29.8 Å². The average molecular weight is 439 g/mol. The van der Waals surface area contributed by atoms with E-state index in [4.69, 9.17) is 4.74 Å². The highest BCUT2D eigenvalue weighted by Crippen LogP contribution is 2.30. The molecule has 2 aromatic carbocycles. The summed E-state index contributed by atoms with van der Waals surface area (Å²) < 4.78 is 7.31.